The topological polar surface area (TPSA) is 112 Å². The Balaban J connectivity index is 2.22. The lowest BCUT2D eigenvalue weighted by Crippen LogP contribution is -2.43. The molecule has 1 saturated carbocycles. The lowest BCUT2D eigenvalue weighted by molar-refractivity contribution is -0.139. The van der Waals surface area contributed by atoms with Gasteiger partial charge in [-0.15, -0.1) is 0 Å². The normalized spacial score (nSPS) is 15.5. The number of aromatic nitrogens is 2. The first-order chi connectivity index (χ1) is 9.93. The minimum atomic E-state index is -1.11. The molecule has 0 aliphatic heterocycles. The molecule has 21 heavy (non-hydrogen) atoms. The minimum Gasteiger partial charge on any atom is -0.480 e. The molecule has 1 amide bonds. The Hall–Kier alpha value is -2.18. The van der Waals surface area contributed by atoms with Crippen LogP contribution in [-0.2, 0) is 4.79 Å². The average Bonchev–Trinajstić information content (AvgIpc) is 3.21. The number of nitrogens with one attached hydrogen (secondary N) is 2. The van der Waals surface area contributed by atoms with Gasteiger partial charge in [-0.2, -0.15) is 0 Å². The number of aryl methyl sites for hydroxylation is 1. The van der Waals surface area contributed by atoms with Crippen LogP contribution in [0, 0.1) is 6.92 Å². The van der Waals surface area contributed by atoms with Crippen molar-refractivity contribution < 1.29 is 14.7 Å². The van der Waals surface area contributed by atoms with Crippen LogP contribution in [0.4, 0.5) is 0 Å². The van der Waals surface area contributed by atoms with E-state index in [4.69, 9.17) is 5.11 Å². The largest absolute Gasteiger partial charge is 0.480 e. The lowest BCUT2D eigenvalue weighted by Gasteiger charge is -2.14. The van der Waals surface area contributed by atoms with Gasteiger partial charge in [-0.25, -0.2) is 9.78 Å². The summed E-state index contributed by atoms with van der Waals surface area (Å²) in [5.74, 6) is -0.913. The van der Waals surface area contributed by atoms with Gasteiger partial charge in [0.25, 0.3) is 11.5 Å². The molecular formula is C14H19N3O4. The molecule has 1 heterocycles. The molecule has 7 heteroatoms. The van der Waals surface area contributed by atoms with Crippen molar-refractivity contribution in [2.45, 2.75) is 51.5 Å². The monoisotopic (exact) mass is 293 g/mol. The van der Waals surface area contributed by atoms with E-state index in [1.54, 1.807) is 6.92 Å². The summed E-state index contributed by atoms with van der Waals surface area (Å²) >= 11 is 0. The van der Waals surface area contributed by atoms with Crippen LogP contribution in [0.25, 0.3) is 0 Å². The van der Waals surface area contributed by atoms with E-state index < -0.39 is 23.5 Å². The van der Waals surface area contributed by atoms with Gasteiger partial charge < -0.3 is 15.4 Å². The Morgan fingerprint density at radius 1 is 1.48 bits per heavy atom. The summed E-state index contributed by atoms with van der Waals surface area (Å²) in [6.07, 6.45) is 2.91. The highest BCUT2D eigenvalue weighted by Crippen LogP contribution is 2.37. The van der Waals surface area contributed by atoms with Gasteiger partial charge >= 0.3 is 5.97 Å². The van der Waals surface area contributed by atoms with Crippen molar-refractivity contribution in [2.75, 3.05) is 0 Å². The summed E-state index contributed by atoms with van der Waals surface area (Å²) in [7, 11) is 0. The van der Waals surface area contributed by atoms with Crippen molar-refractivity contribution in [3.8, 4) is 0 Å². The Bertz CT molecular complexity index is 619. The van der Waals surface area contributed by atoms with Gasteiger partial charge in [0, 0.05) is 5.92 Å². The van der Waals surface area contributed by atoms with Crippen molar-refractivity contribution >= 4 is 11.9 Å². The van der Waals surface area contributed by atoms with Gasteiger partial charge in [-0.1, -0.05) is 13.3 Å². The van der Waals surface area contributed by atoms with E-state index in [0.29, 0.717) is 24.4 Å². The molecule has 7 nitrogen and oxygen atoms in total. The molecule has 1 aromatic rings. The summed E-state index contributed by atoms with van der Waals surface area (Å²) in [4.78, 5) is 42.1. The predicted octanol–water partition coefficient (Wildman–Crippen LogP) is 0.939. The molecule has 1 aliphatic rings. The summed E-state index contributed by atoms with van der Waals surface area (Å²) in [6.45, 7) is 3.41. The van der Waals surface area contributed by atoms with Gasteiger partial charge in [-0.05, 0) is 26.2 Å². The number of aliphatic carboxylic acids is 1. The van der Waals surface area contributed by atoms with E-state index in [9.17, 15) is 14.4 Å². The van der Waals surface area contributed by atoms with E-state index in [1.165, 1.54) is 0 Å². The molecule has 0 radical (unpaired) electrons. The molecule has 1 fully saturated rings. The summed E-state index contributed by atoms with van der Waals surface area (Å²) in [5.41, 5.74) is -0.289. The summed E-state index contributed by atoms with van der Waals surface area (Å²) in [5, 5.41) is 11.4. The fraction of sp³-hybridized carbons (Fsp3) is 0.571. The molecule has 0 bridgehead atoms. The number of rotatable bonds is 6. The average molecular weight is 293 g/mol. The van der Waals surface area contributed by atoms with Crippen LogP contribution < -0.4 is 10.9 Å². The van der Waals surface area contributed by atoms with Crippen molar-refractivity contribution in [3.63, 3.8) is 0 Å². The van der Waals surface area contributed by atoms with Crippen molar-refractivity contribution in [2.24, 2.45) is 0 Å². The number of carboxylic acid groups (broad SMARTS) is 1. The van der Waals surface area contributed by atoms with Crippen LogP contribution in [0.5, 0.6) is 0 Å². The number of carboxylic acids is 1. The third kappa shape index (κ3) is 3.48. The lowest BCUT2D eigenvalue weighted by atomic mass is 10.1. The zero-order valence-electron chi connectivity index (χ0n) is 12.1. The van der Waals surface area contributed by atoms with Crippen LogP contribution in [0.15, 0.2) is 4.79 Å². The molecule has 1 unspecified atom stereocenters. The number of aromatic amines is 1. The zero-order valence-corrected chi connectivity index (χ0v) is 12.1. The third-order valence-electron chi connectivity index (χ3n) is 3.49. The Morgan fingerprint density at radius 3 is 2.62 bits per heavy atom. The first kappa shape index (κ1) is 15.2. The van der Waals surface area contributed by atoms with Crippen LogP contribution >= 0.6 is 0 Å². The van der Waals surface area contributed by atoms with Crippen LogP contribution in [0.1, 0.15) is 60.4 Å². The second-order valence-corrected chi connectivity index (χ2v) is 5.34. The molecule has 114 valence electrons. The van der Waals surface area contributed by atoms with Gasteiger partial charge in [0.1, 0.15) is 17.4 Å². The highest BCUT2D eigenvalue weighted by Gasteiger charge is 2.29. The van der Waals surface area contributed by atoms with Gasteiger partial charge in [-0.3, -0.25) is 9.59 Å². The molecule has 0 spiro atoms. The highest BCUT2D eigenvalue weighted by molar-refractivity contribution is 5.97. The number of hydrogen-bond acceptors (Lipinski definition) is 4. The molecule has 1 atom stereocenters. The smallest absolute Gasteiger partial charge is 0.326 e. The predicted molar refractivity (Wildman–Crippen MR) is 75.4 cm³/mol. The van der Waals surface area contributed by atoms with E-state index >= 15 is 0 Å². The minimum absolute atomic E-state index is 0.109. The fourth-order valence-electron chi connectivity index (χ4n) is 2.20. The van der Waals surface area contributed by atoms with Gasteiger partial charge in [0.05, 0.1) is 5.69 Å². The van der Waals surface area contributed by atoms with Crippen molar-refractivity contribution in [3.05, 3.63) is 27.4 Å². The fourth-order valence-corrected chi connectivity index (χ4v) is 2.20. The SMILES string of the molecule is CCCC(NC(=O)c1c(C)nc(C2CC2)[nH]c1=O)C(=O)O. The molecule has 2 rings (SSSR count). The van der Waals surface area contributed by atoms with Crippen molar-refractivity contribution in [1.29, 1.82) is 0 Å². The van der Waals surface area contributed by atoms with Gasteiger partial charge in [0.2, 0.25) is 0 Å². The summed E-state index contributed by atoms with van der Waals surface area (Å²) < 4.78 is 0. The van der Waals surface area contributed by atoms with Crippen LogP contribution in [0.2, 0.25) is 0 Å². The Labute approximate surface area is 121 Å². The van der Waals surface area contributed by atoms with Crippen LogP contribution in [-0.4, -0.2) is 33.0 Å². The highest BCUT2D eigenvalue weighted by atomic mass is 16.4. The molecule has 0 aromatic carbocycles. The third-order valence-corrected chi connectivity index (χ3v) is 3.49. The molecule has 0 saturated heterocycles. The number of carbonyl (C=O) groups excluding carboxylic acids is 1. The van der Waals surface area contributed by atoms with Gasteiger partial charge in [0.15, 0.2) is 0 Å². The summed E-state index contributed by atoms with van der Waals surface area (Å²) in [6, 6.07) is -0.996. The van der Waals surface area contributed by atoms with E-state index in [1.807, 2.05) is 6.92 Å². The van der Waals surface area contributed by atoms with E-state index in [2.05, 4.69) is 15.3 Å². The maximum absolute atomic E-state index is 12.1. The van der Waals surface area contributed by atoms with Crippen molar-refractivity contribution in [1.82, 2.24) is 15.3 Å². The molecule has 1 aliphatic carbocycles. The maximum atomic E-state index is 12.1. The Kier molecular flexibility index (Phi) is 4.40. The molecular weight excluding hydrogens is 274 g/mol. The second kappa shape index (κ2) is 6.07. The first-order valence-corrected chi connectivity index (χ1v) is 7.08. The number of carbonyl (C=O) groups is 2. The maximum Gasteiger partial charge on any atom is 0.326 e. The Morgan fingerprint density at radius 2 is 2.14 bits per heavy atom. The van der Waals surface area contributed by atoms with Crippen LogP contribution in [0.3, 0.4) is 0 Å². The second-order valence-electron chi connectivity index (χ2n) is 5.34. The standard InChI is InChI=1S/C14H19N3O4/c1-3-4-9(14(20)21)16-12(18)10-7(2)15-11(8-5-6-8)17-13(10)19/h8-9H,3-6H2,1-2H3,(H,16,18)(H,20,21)(H,15,17,19). The number of H-pyrrole nitrogens is 1. The number of amides is 1. The number of hydrogen-bond donors (Lipinski definition) is 3. The number of nitrogens with zero attached hydrogens (tertiary/aromatic N) is 1. The molecule has 3 N–H and O–H groups in total. The van der Waals surface area contributed by atoms with E-state index in [-0.39, 0.29) is 11.5 Å². The zero-order chi connectivity index (χ0) is 15.6. The quantitative estimate of drug-likeness (QED) is 0.722. The van der Waals surface area contributed by atoms with E-state index in [0.717, 1.165) is 12.8 Å². The first-order valence-electron chi connectivity index (χ1n) is 7.08. The molecule has 1 aromatic heterocycles.